The van der Waals surface area contributed by atoms with E-state index in [0.29, 0.717) is 49.5 Å². The maximum atomic E-state index is 14.4. The number of anilines is 1. The van der Waals surface area contributed by atoms with Gasteiger partial charge in [-0.15, -0.1) is 0 Å². The molecule has 0 aliphatic carbocycles. The van der Waals surface area contributed by atoms with Gasteiger partial charge in [0.2, 0.25) is 0 Å². The molecular formula is C31H31F3N4O3. The minimum atomic E-state index is -0.631. The Kier molecular flexibility index (Phi) is 7.13. The first-order valence-electron chi connectivity index (χ1n) is 13.6. The van der Waals surface area contributed by atoms with Gasteiger partial charge in [-0.2, -0.15) is 0 Å². The molecule has 3 aromatic carbocycles. The lowest BCUT2D eigenvalue weighted by atomic mass is 9.68. The zero-order chi connectivity index (χ0) is 28.7. The number of nitrogens with zero attached hydrogens (tertiary/aromatic N) is 2. The molecule has 2 amide bonds. The van der Waals surface area contributed by atoms with Crippen molar-refractivity contribution in [3.8, 4) is 5.75 Å². The zero-order valence-corrected chi connectivity index (χ0v) is 22.6. The Hall–Kier alpha value is -4.02. The van der Waals surface area contributed by atoms with E-state index in [9.17, 15) is 23.1 Å². The number of rotatable bonds is 5. The van der Waals surface area contributed by atoms with Crippen LogP contribution < -0.4 is 10.1 Å². The van der Waals surface area contributed by atoms with Crippen molar-refractivity contribution >= 4 is 22.6 Å². The van der Waals surface area contributed by atoms with Crippen LogP contribution in [0.25, 0.3) is 10.9 Å². The van der Waals surface area contributed by atoms with E-state index in [4.69, 9.17) is 4.74 Å². The Morgan fingerprint density at radius 1 is 1.05 bits per heavy atom. The lowest BCUT2D eigenvalue weighted by molar-refractivity contribution is 0.0704. The highest BCUT2D eigenvalue weighted by Gasteiger charge is 2.48. The van der Waals surface area contributed by atoms with Crippen molar-refractivity contribution in [3.05, 3.63) is 94.9 Å². The predicted molar refractivity (Wildman–Crippen MR) is 149 cm³/mol. The normalized spacial score (nSPS) is 18.5. The van der Waals surface area contributed by atoms with Gasteiger partial charge in [-0.3, -0.25) is 4.90 Å². The molecule has 0 unspecified atom stereocenters. The van der Waals surface area contributed by atoms with E-state index in [1.165, 1.54) is 30.3 Å². The van der Waals surface area contributed by atoms with Crippen LogP contribution in [0.4, 0.5) is 23.7 Å². The molecule has 2 aliphatic heterocycles. The molecule has 6 rings (SSSR count). The summed E-state index contributed by atoms with van der Waals surface area (Å²) in [6.45, 7) is 1.55. The number of piperidine rings is 1. The van der Waals surface area contributed by atoms with Gasteiger partial charge in [-0.05, 0) is 86.1 Å². The Morgan fingerprint density at radius 2 is 1.78 bits per heavy atom. The summed E-state index contributed by atoms with van der Waals surface area (Å²) in [5.41, 5.74) is 2.98. The van der Waals surface area contributed by atoms with Crippen LogP contribution >= 0.6 is 0 Å². The quantitative estimate of drug-likeness (QED) is 0.290. The lowest BCUT2D eigenvalue weighted by Crippen LogP contribution is -2.56. The monoisotopic (exact) mass is 564 g/mol. The molecule has 1 saturated heterocycles. The number of carbonyl (C=O) groups is 1. The topological polar surface area (TPSA) is 80.8 Å². The van der Waals surface area contributed by atoms with Gasteiger partial charge in [0.15, 0.2) is 0 Å². The zero-order valence-electron chi connectivity index (χ0n) is 22.6. The molecule has 2 aliphatic rings. The first kappa shape index (κ1) is 27.2. The maximum Gasteiger partial charge on any atom is 0.322 e. The Bertz CT molecular complexity index is 1580. The van der Waals surface area contributed by atoms with Gasteiger partial charge in [0.1, 0.15) is 23.2 Å². The molecule has 1 fully saturated rings. The molecule has 3 N–H and O–H groups in total. The van der Waals surface area contributed by atoms with Crippen molar-refractivity contribution in [2.45, 2.75) is 30.8 Å². The average Bonchev–Trinajstić information content (AvgIpc) is 3.37. The number of likely N-dealkylation sites (tertiary alicyclic amines) is 1. The number of nitrogens with one attached hydrogen (secondary N) is 2. The van der Waals surface area contributed by atoms with Gasteiger partial charge in [0, 0.05) is 52.4 Å². The molecule has 1 atom stereocenters. The predicted octanol–water partition coefficient (Wildman–Crippen LogP) is 5.71. The van der Waals surface area contributed by atoms with Crippen molar-refractivity contribution in [1.82, 2.24) is 14.8 Å². The highest BCUT2D eigenvalue weighted by Crippen LogP contribution is 2.49. The highest BCUT2D eigenvalue weighted by molar-refractivity contribution is 5.92. The highest BCUT2D eigenvalue weighted by atomic mass is 19.1. The molecule has 10 heteroatoms. The minimum Gasteiger partial charge on any atom is -0.497 e. The maximum absolute atomic E-state index is 14.4. The van der Waals surface area contributed by atoms with Crippen molar-refractivity contribution in [2.24, 2.45) is 0 Å². The number of urea groups is 1. The fourth-order valence-electron chi connectivity index (χ4n) is 6.40. The van der Waals surface area contributed by atoms with Crippen molar-refractivity contribution in [1.29, 1.82) is 0 Å². The average molecular weight is 565 g/mol. The van der Waals surface area contributed by atoms with Crippen LogP contribution in [-0.2, 0) is 12.0 Å². The fraction of sp³-hybridized carbons (Fsp3) is 0.323. The number of carbonyl (C=O) groups excluding carboxylic acids is 1. The number of aromatic amines is 1. The Morgan fingerprint density at radius 3 is 2.49 bits per heavy atom. The third kappa shape index (κ3) is 5.02. The van der Waals surface area contributed by atoms with E-state index < -0.39 is 34.9 Å². The molecule has 41 heavy (non-hydrogen) atoms. The van der Waals surface area contributed by atoms with Gasteiger partial charge in [-0.25, -0.2) is 18.0 Å². The van der Waals surface area contributed by atoms with Crippen LogP contribution in [0.5, 0.6) is 5.75 Å². The summed E-state index contributed by atoms with van der Waals surface area (Å²) in [6.07, 6.45) is 1.32. The first-order valence-corrected chi connectivity index (χ1v) is 13.6. The number of methoxy groups -OCH3 is 1. The molecule has 3 heterocycles. The molecular weight excluding hydrogens is 533 g/mol. The van der Waals surface area contributed by atoms with Crippen molar-refractivity contribution in [2.75, 3.05) is 38.7 Å². The molecule has 1 aromatic heterocycles. The molecule has 0 saturated carbocycles. The van der Waals surface area contributed by atoms with E-state index in [1.54, 1.807) is 12.0 Å². The third-order valence-electron chi connectivity index (χ3n) is 8.49. The Labute approximate surface area is 235 Å². The fourth-order valence-corrected chi connectivity index (χ4v) is 6.40. The van der Waals surface area contributed by atoms with Gasteiger partial charge >= 0.3 is 6.03 Å². The van der Waals surface area contributed by atoms with E-state index in [2.05, 4.69) is 15.2 Å². The number of halogens is 3. The van der Waals surface area contributed by atoms with Crippen LogP contribution in [-0.4, -0.2) is 59.3 Å². The third-order valence-corrected chi connectivity index (χ3v) is 8.49. The summed E-state index contributed by atoms with van der Waals surface area (Å²) >= 11 is 0. The molecule has 1 spiro atoms. The van der Waals surface area contributed by atoms with Gasteiger partial charge in [0.25, 0.3) is 0 Å². The number of H-pyrrole nitrogens is 1. The van der Waals surface area contributed by atoms with Gasteiger partial charge in [-0.1, -0.05) is 0 Å². The molecule has 4 aromatic rings. The number of fused-ring (bicyclic) bond motifs is 4. The van der Waals surface area contributed by atoms with Crippen molar-refractivity contribution < 1.29 is 27.8 Å². The van der Waals surface area contributed by atoms with Crippen LogP contribution in [0.1, 0.15) is 35.7 Å². The second-order valence-corrected chi connectivity index (χ2v) is 10.9. The number of ether oxygens (including phenoxy) is 1. The molecule has 0 radical (unpaired) electrons. The Balaban J connectivity index is 1.35. The second-order valence-electron chi connectivity index (χ2n) is 10.9. The molecule has 214 valence electrons. The number of aromatic nitrogens is 1. The first-order chi connectivity index (χ1) is 19.8. The summed E-state index contributed by atoms with van der Waals surface area (Å²) in [5, 5.41) is 14.4. The van der Waals surface area contributed by atoms with Crippen LogP contribution in [0.15, 0.2) is 60.7 Å². The smallest absolute Gasteiger partial charge is 0.322 e. The van der Waals surface area contributed by atoms with Crippen LogP contribution in [0.3, 0.4) is 0 Å². The summed E-state index contributed by atoms with van der Waals surface area (Å²) in [5.74, 6) is -0.634. The minimum absolute atomic E-state index is 0.283. The van der Waals surface area contributed by atoms with Crippen LogP contribution in [0, 0.1) is 17.5 Å². The van der Waals surface area contributed by atoms with Crippen molar-refractivity contribution in [3.63, 3.8) is 0 Å². The van der Waals surface area contributed by atoms with Gasteiger partial charge < -0.3 is 25.0 Å². The van der Waals surface area contributed by atoms with E-state index in [-0.39, 0.29) is 13.2 Å². The van der Waals surface area contributed by atoms with E-state index >= 15 is 0 Å². The SMILES string of the molecule is COc1ccc2c3c([nH]c2c1)[C@@H](CO)N(C(=O)Nc1ccc(F)cc1)CC31CCN(Cc2cc(F)ccc2F)CC1. The summed E-state index contributed by atoms with van der Waals surface area (Å²) in [7, 11) is 1.60. The second kappa shape index (κ2) is 10.8. The molecule has 7 nitrogen and oxygen atoms in total. The number of amides is 2. The summed E-state index contributed by atoms with van der Waals surface area (Å²) < 4.78 is 47.1. The lowest BCUT2D eigenvalue weighted by Gasteiger charge is -2.50. The number of aliphatic hydroxyl groups is 1. The van der Waals surface area contributed by atoms with Crippen LogP contribution in [0.2, 0.25) is 0 Å². The largest absolute Gasteiger partial charge is 0.497 e. The number of hydrogen-bond acceptors (Lipinski definition) is 4. The van der Waals surface area contributed by atoms with E-state index in [1.807, 2.05) is 18.2 Å². The summed E-state index contributed by atoms with van der Waals surface area (Å²) in [6, 6.07) is 13.8. The van der Waals surface area contributed by atoms with Gasteiger partial charge in [0.05, 0.1) is 19.8 Å². The standard InChI is InChI=1S/C31H31F3N4O3/c1-41-23-7-8-24-26(15-23)36-29-27(17-39)38(30(40)35-22-5-2-20(32)3-6-22)18-31(28(24)29)10-12-37(13-11-31)16-19-14-21(33)4-9-25(19)34/h2-9,14-15,27,36,39H,10-13,16-18H2,1H3,(H,35,40)/t27-/m1/s1. The number of benzene rings is 3. The summed E-state index contributed by atoms with van der Waals surface area (Å²) in [4.78, 5) is 20.8. The molecule has 0 bridgehead atoms. The number of hydrogen-bond donors (Lipinski definition) is 3. The number of aliphatic hydroxyl groups excluding tert-OH is 1. The van der Waals surface area contributed by atoms with E-state index in [0.717, 1.165) is 34.3 Å².